The first-order valence-electron chi connectivity index (χ1n) is 8.66. The van der Waals surface area contributed by atoms with Gasteiger partial charge in [0.05, 0.1) is 19.8 Å². The van der Waals surface area contributed by atoms with E-state index in [0.717, 1.165) is 25.7 Å². The van der Waals surface area contributed by atoms with Gasteiger partial charge >= 0.3 is 5.97 Å². The highest BCUT2D eigenvalue weighted by Gasteiger charge is 2.20. The van der Waals surface area contributed by atoms with Gasteiger partial charge in [-0.15, -0.1) is 11.3 Å². The molecule has 1 aliphatic carbocycles. The predicted molar refractivity (Wildman–Crippen MR) is 99.7 cm³/mol. The molecule has 6 heteroatoms. The summed E-state index contributed by atoms with van der Waals surface area (Å²) in [6.07, 6.45) is 5.60. The van der Waals surface area contributed by atoms with Crippen LogP contribution in [0.3, 0.4) is 0 Å². The third kappa shape index (κ3) is 4.07. The molecule has 0 saturated heterocycles. The Hall–Kier alpha value is -2.34. The summed E-state index contributed by atoms with van der Waals surface area (Å²) in [6, 6.07) is 6.84. The van der Waals surface area contributed by atoms with E-state index in [1.165, 1.54) is 35.3 Å². The highest BCUT2D eigenvalue weighted by Crippen LogP contribution is 2.29. The molecule has 5 nitrogen and oxygen atoms in total. The molecule has 0 unspecified atom stereocenters. The van der Waals surface area contributed by atoms with E-state index in [9.17, 15) is 9.59 Å². The minimum absolute atomic E-state index is 0.309. The van der Waals surface area contributed by atoms with Gasteiger partial charge in [-0.05, 0) is 49.4 Å². The number of carbonyl (C=O) groups is 2. The Balaban J connectivity index is 1.65. The topological polar surface area (TPSA) is 61.8 Å². The summed E-state index contributed by atoms with van der Waals surface area (Å²) in [5, 5.41) is 0. The van der Waals surface area contributed by atoms with Gasteiger partial charge in [0.2, 0.25) is 5.78 Å². The van der Waals surface area contributed by atoms with Crippen molar-refractivity contribution in [3.05, 3.63) is 45.1 Å². The van der Waals surface area contributed by atoms with Crippen LogP contribution in [0.2, 0.25) is 0 Å². The number of methoxy groups -OCH3 is 2. The van der Waals surface area contributed by atoms with Gasteiger partial charge in [0.15, 0.2) is 6.61 Å². The summed E-state index contributed by atoms with van der Waals surface area (Å²) in [6.45, 7) is -0.315. The van der Waals surface area contributed by atoms with E-state index in [-0.39, 0.29) is 12.4 Å². The maximum absolute atomic E-state index is 12.4. The van der Waals surface area contributed by atoms with Crippen molar-refractivity contribution in [3.8, 4) is 11.5 Å². The summed E-state index contributed by atoms with van der Waals surface area (Å²) < 4.78 is 15.6. The number of carbonyl (C=O) groups excluding carboxylic acids is 2. The average Bonchev–Trinajstić information content (AvgIpc) is 2.95. The second-order valence-corrected chi connectivity index (χ2v) is 7.32. The Morgan fingerprint density at radius 3 is 2.62 bits per heavy atom. The van der Waals surface area contributed by atoms with Crippen LogP contribution >= 0.6 is 11.3 Å². The van der Waals surface area contributed by atoms with Gasteiger partial charge in [-0.3, -0.25) is 4.79 Å². The van der Waals surface area contributed by atoms with E-state index in [4.69, 9.17) is 14.2 Å². The Kier molecular flexibility index (Phi) is 5.93. The number of ketones is 1. The van der Waals surface area contributed by atoms with Gasteiger partial charge in [-0.2, -0.15) is 0 Å². The molecule has 2 aromatic rings. The first-order chi connectivity index (χ1) is 12.6. The quantitative estimate of drug-likeness (QED) is 0.433. The van der Waals surface area contributed by atoms with Crippen LogP contribution in [0.15, 0.2) is 24.3 Å². The molecule has 26 heavy (non-hydrogen) atoms. The predicted octanol–water partition coefficient (Wildman–Crippen LogP) is 4.07. The number of rotatable bonds is 6. The van der Waals surface area contributed by atoms with Crippen molar-refractivity contribution >= 4 is 23.1 Å². The molecule has 3 rings (SSSR count). The number of hydrogen-bond donors (Lipinski definition) is 0. The van der Waals surface area contributed by atoms with Crippen molar-refractivity contribution < 1.29 is 23.8 Å². The Bertz CT molecular complexity index is 785. The van der Waals surface area contributed by atoms with Crippen molar-refractivity contribution in [3.63, 3.8) is 0 Å². The molecule has 0 amide bonds. The van der Waals surface area contributed by atoms with Gasteiger partial charge < -0.3 is 14.2 Å². The van der Waals surface area contributed by atoms with Crippen molar-refractivity contribution in [1.82, 2.24) is 0 Å². The number of hydrogen-bond acceptors (Lipinski definition) is 6. The molecule has 0 atom stereocenters. The molecule has 0 saturated carbocycles. The van der Waals surface area contributed by atoms with E-state index < -0.39 is 5.97 Å². The van der Waals surface area contributed by atoms with Crippen LogP contribution in [0.25, 0.3) is 0 Å². The number of thiophene rings is 1. The second-order valence-electron chi connectivity index (χ2n) is 6.19. The summed E-state index contributed by atoms with van der Waals surface area (Å²) >= 11 is 1.49. The second kappa shape index (κ2) is 8.36. The molecule has 1 heterocycles. The lowest BCUT2D eigenvalue weighted by Gasteiger charge is -2.09. The van der Waals surface area contributed by atoms with Crippen LogP contribution in [-0.4, -0.2) is 32.6 Å². The van der Waals surface area contributed by atoms with Gasteiger partial charge in [0.1, 0.15) is 16.4 Å². The Morgan fingerprint density at radius 2 is 1.85 bits per heavy atom. The van der Waals surface area contributed by atoms with Crippen LogP contribution in [0.4, 0.5) is 0 Å². The monoisotopic (exact) mass is 374 g/mol. The summed E-state index contributed by atoms with van der Waals surface area (Å²) in [7, 11) is 3.02. The molecule has 0 spiro atoms. The van der Waals surface area contributed by atoms with Crippen LogP contribution in [0.1, 0.15) is 49.7 Å². The van der Waals surface area contributed by atoms with E-state index in [0.29, 0.717) is 21.9 Å². The van der Waals surface area contributed by atoms with Crippen LogP contribution in [0, 0.1) is 0 Å². The smallest absolute Gasteiger partial charge is 0.348 e. The normalized spacial score (nSPS) is 13.5. The average molecular weight is 374 g/mol. The molecule has 138 valence electrons. The zero-order chi connectivity index (χ0) is 18.5. The summed E-state index contributed by atoms with van der Waals surface area (Å²) in [4.78, 5) is 26.6. The standard InChI is InChI=1S/C20H22O5S/c1-23-14-8-9-15(17(11-14)24-2)16(21)12-25-20(22)19-10-13-6-4-3-5-7-18(13)26-19/h8-11H,3-7,12H2,1-2H3. The highest BCUT2D eigenvalue weighted by molar-refractivity contribution is 7.14. The summed E-state index contributed by atoms with van der Waals surface area (Å²) in [5.74, 6) is 0.239. The molecule has 0 aliphatic heterocycles. The largest absolute Gasteiger partial charge is 0.497 e. The first kappa shape index (κ1) is 18.5. The zero-order valence-corrected chi connectivity index (χ0v) is 15.8. The van der Waals surface area contributed by atoms with Gasteiger partial charge in [0, 0.05) is 10.9 Å². The number of fused-ring (bicyclic) bond motifs is 1. The molecule has 1 aromatic heterocycles. The number of ether oxygens (including phenoxy) is 3. The zero-order valence-electron chi connectivity index (χ0n) is 15.0. The lowest BCUT2D eigenvalue weighted by Crippen LogP contribution is -2.14. The van der Waals surface area contributed by atoms with Crippen molar-refractivity contribution in [2.75, 3.05) is 20.8 Å². The number of aryl methyl sites for hydroxylation is 2. The lowest BCUT2D eigenvalue weighted by molar-refractivity contribution is 0.0478. The van der Waals surface area contributed by atoms with Gasteiger partial charge in [-0.1, -0.05) is 6.42 Å². The maximum Gasteiger partial charge on any atom is 0.348 e. The van der Waals surface area contributed by atoms with Crippen LogP contribution in [-0.2, 0) is 17.6 Å². The fourth-order valence-corrected chi connectivity index (χ4v) is 4.22. The third-order valence-electron chi connectivity index (χ3n) is 4.49. The molecular weight excluding hydrogens is 352 g/mol. The minimum Gasteiger partial charge on any atom is -0.497 e. The van der Waals surface area contributed by atoms with Gasteiger partial charge in [0.25, 0.3) is 0 Å². The molecule has 1 aliphatic rings. The number of esters is 1. The molecular formula is C20H22O5S. The van der Waals surface area contributed by atoms with Crippen molar-refractivity contribution in [2.45, 2.75) is 32.1 Å². The van der Waals surface area contributed by atoms with E-state index in [1.807, 2.05) is 6.07 Å². The van der Waals surface area contributed by atoms with Crippen LogP contribution < -0.4 is 9.47 Å². The maximum atomic E-state index is 12.4. The fourth-order valence-electron chi connectivity index (χ4n) is 3.08. The highest BCUT2D eigenvalue weighted by atomic mass is 32.1. The van der Waals surface area contributed by atoms with E-state index >= 15 is 0 Å². The van der Waals surface area contributed by atoms with E-state index in [1.54, 1.807) is 25.3 Å². The Morgan fingerprint density at radius 1 is 1.04 bits per heavy atom. The van der Waals surface area contributed by atoms with Crippen LogP contribution in [0.5, 0.6) is 11.5 Å². The molecule has 0 fully saturated rings. The van der Waals surface area contributed by atoms with E-state index in [2.05, 4.69) is 0 Å². The Labute approximate surface area is 156 Å². The number of benzene rings is 1. The fraction of sp³-hybridized carbons (Fsp3) is 0.400. The summed E-state index contributed by atoms with van der Waals surface area (Å²) in [5.41, 5.74) is 1.62. The molecule has 0 bridgehead atoms. The third-order valence-corrected chi connectivity index (χ3v) is 5.71. The van der Waals surface area contributed by atoms with Crippen molar-refractivity contribution in [2.24, 2.45) is 0 Å². The number of Topliss-reactive ketones (excluding diaryl/α,β-unsaturated/α-hetero) is 1. The van der Waals surface area contributed by atoms with Gasteiger partial charge in [-0.25, -0.2) is 4.79 Å². The molecule has 1 aromatic carbocycles. The van der Waals surface area contributed by atoms with Crippen molar-refractivity contribution in [1.29, 1.82) is 0 Å². The lowest BCUT2D eigenvalue weighted by atomic mass is 10.1. The molecule has 0 N–H and O–H groups in total. The SMILES string of the molecule is COc1ccc(C(=O)COC(=O)c2cc3c(s2)CCCCC3)c(OC)c1. The first-order valence-corrected chi connectivity index (χ1v) is 9.48. The molecule has 0 radical (unpaired) electrons. The minimum atomic E-state index is -0.441.